The highest BCUT2D eigenvalue weighted by Gasteiger charge is 2.40. The molecule has 1 fully saturated rings. The lowest BCUT2D eigenvalue weighted by atomic mass is 9.86. The van der Waals surface area contributed by atoms with Crippen molar-refractivity contribution in [1.29, 1.82) is 0 Å². The Labute approximate surface area is 102 Å². The van der Waals surface area contributed by atoms with Gasteiger partial charge >= 0.3 is 12.1 Å². The third-order valence-electron chi connectivity index (χ3n) is 3.20. The molecule has 2 N–H and O–H groups in total. The molecule has 1 aromatic rings. The lowest BCUT2D eigenvalue weighted by molar-refractivity contribution is -0.143. The molecular formula is C12H12F3NO2. The van der Waals surface area contributed by atoms with Gasteiger partial charge in [-0.1, -0.05) is 18.2 Å². The maximum absolute atomic E-state index is 12.9. The van der Waals surface area contributed by atoms with Crippen molar-refractivity contribution in [3.63, 3.8) is 0 Å². The van der Waals surface area contributed by atoms with Crippen LogP contribution in [-0.2, 0) is 11.0 Å². The molecule has 0 saturated carbocycles. The van der Waals surface area contributed by atoms with E-state index in [-0.39, 0.29) is 18.7 Å². The van der Waals surface area contributed by atoms with Gasteiger partial charge < -0.3 is 10.4 Å². The van der Waals surface area contributed by atoms with E-state index in [1.54, 1.807) is 0 Å². The largest absolute Gasteiger partial charge is 0.481 e. The molecule has 3 nitrogen and oxygen atoms in total. The van der Waals surface area contributed by atoms with E-state index in [0.29, 0.717) is 0 Å². The summed E-state index contributed by atoms with van der Waals surface area (Å²) in [5, 5.41) is 11.9. The molecule has 1 aromatic carbocycles. The summed E-state index contributed by atoms with van der Waals surface area (Å²) in [6.07, 6.45) is -4.46. The summed E-state index contributed by atoms with van der Waals surface area (Å²) >= 11 is 0. The second-order valence-electron chi connectivity index (χ2n) is 4.29. The first kappa shape index (κ1) is 12.9. The minimum absolute atomic E-state index is 0.0578. The first-order chi connectivity index (χ1) is 8.41. The van der Waals surface area contributed by atoms with E-state index >= 15 is 0 Å². The average molecular weight is 259 g/mol. The van der Waals surface area contributed by atoms with Gasteiger partial charge in [-0.15, -0.1) is 0 Å². The van der Waals surface area contributed by atoms with E-state index in [4.69, 9.17) is 5.11 Å². The van der Waals surface area contributed by atoms with Crippen molar-refractivity contribution in [3.8, 4) is 0 Å². The van der Waals surface area contributed by atoms with Gasteiger partial charge in [0.1, 0.15) is 0 Å². The molecule has 1 aliphatic heterocycles. The number of rotatable bonds is 2. The second kappa shape index (κ2) is 4.61. The number of halogens is 3. The lowest BCUT2D eigenvalue weighted by Gasteiger charge is -2.20. The summed E-state index contributed by atoms with van der Waals surface area (Å²) in [7, 11) is 0. The molecule has 1 aliphatic rings. The Balaban J connectivity index is 2.42. The molecule has 2 rings (SSSR count). The number of benzene rings is 1. The Hall–Kier alpha value is -1.56. The van der Waals surface area contributed by atoms with Crippen LogP contribution in [0.25, 0.3) is 0 Å². The molecule has 18 heavy (non-hydrogen) atoms. The molecule has 0 unspecified atom stereocenters. The molecular weight excluding hydrogens is 247 g/mol. The highest BCUT2D eigenvalue weighted by atomic mass is 19.4. The summed E-state index contributed by atoms with van der Waals surface area (Å²) in [5.41, 5.74) is -0.688. The van der Waals surface area contributed by atoms with E-state index in [9.17, 15) is 18.0 Å². The molecule has 98 valence electrons. The fourth-order valence-corrected chi connectivity index (χ4v) is 2.34. The van der Waals surface area contributed by atoms with Crippen LogP contribution in [0.1, 0.15) is 17.0 Å². The molecule has 2 atom stereocenters. The van der Waals surface area contributed by atoms with Gasteiger partial charge in [0, 0.05) is 19.0 Å². The standard InChI is InChI=1S/C12H12F3NO2/c13-12(14,15)10-4-2-1-3-7(10)8-5-16-6-9(8)11(17)18/h1-4,8-9,16H,5-6H2,(H,17,18)/t8-,9-/m1/s1. The number of alkyl halides is 3. The average Bonchev–Trinajstić information content (AvgIpc) is 2.76. The van der Waals surface area contributed by atoms with Gasteiger partial charge in [0.25, 0.3) is 0 Å². The van der Waals surface area contributed by atoms with Gasteiger partial charge in [-0.25, -0.2) is 0 Å². The molecule has 1 saturated heterocycles. The number of hydrogen-bond donors (Lipinski definition) is 2. The second-order valence-corrected chi connectivity index (χ2v) is 4.29. The summed E-state index contributed by atoms with van der Waals surface area (Å²) in [6, 6.07) is 5.16. The van der Waals surface area contributed by atoms with Crippen LogP contribution in [0.5, 0.6) is 0 Å². The number of carboxylic acids is 1. The van der Waals surface area contributed by atoms with Crippen LogP contribution in [0.15, 0.2) is 24.3 Å². The Kier molecular flexibility index (Phi) is 3.30. The minimum atomic E-state index is -4.46. The zero-order valence-corrected chi connectivity index (χ0v) is 9.37. The number of carbonyl (C=O) groups is 1. The zero-order valence-electron chi connectivity index (χ0n) is 9.37. The third-order valence-corrected chi connectivity index (χ3v) is 3.20. The molecule has 0 aromatic heterocycles. The molecule has 6 heteroatoms. The predicted octanol–water partition coefficient (Wildman–Crippen LogP) is 2.09. The Morgan fingerprint density at radius 2 is 1.94 bits per heavy atom. The van der Waals surface area contributed by atoms with Crippen LogP contribution < -0.4 is 5.32 Å². The maximum Gasteiger partial charge on any atom is 0.416 e. The van der Waals surface area contributed by atoms with Gasteiger partial charge in [0.05, 0.1) is 11.5 Å². The third kappa shape index (κ3) is 2.33. The fraction of sp³-hybridized carbons (Fsp3) is 0.417. The van der Waals surface area contributed by atoms with Crippen LogP contribution in [-0.4, -0.2) is 24.2 Å². The summed E-state index contributed by atoms with van der Waals surface area (Å²) < 4.78 is 38.6. The minimum Gasteiger partial charge on any atom is -0.481 e. The van der Waals surface area contributed by atoms with Crippen molar-refractivity contribution in [3.05, 3.63) is 35.4 Å². The van der Waals surface area contributed by atoms with Crippen molar-refractivity contribution in [2.45, 2.75) is 12.1 Å². The SMILES string of the molecule is O=C(O)[C@@H]1CNC[C@@H]1c1ccccc1C(F)(F)F. The Bertz CT molecular complexity index is 459. The molecule has 0 aliphatic carbocycles. The first-order valence-corrected chi connectivity index (χ1v) is 5.51. The van der Waals surface area contributed by atoms with Gasteiger partial charge in [-0.2, -0.15) is 13.2 Å². The van der Waals surface area contributed by atoms with Crippen LogP contribution in [0.3, 0.4) is 0 Å². The van der Waals surface area contributed by atoms with Crippen LogP contribution in [0, 0.1) is 5.92 Å². The van der Waals surface area contributed by atoms with Crippen LogP contribution in [0.4, 0.5) is 13.2 Å². The van der Waals surface area contributed by atoms with Gasteiger partial charge in [-0.05, 0) is 11.6 Å². The lowest BCUT2D eigenvalue weighted by Crippen LogP contribution is -2.23. The van der Waals surface area contributed by atoms with Crippen LogP contribution >= 0.6 is 0 Å². The summed E-state index contributed by atoms with van der Waals surface area (Å²) in [6.45, 7) is 0.455. The topological polar surface area (TPSA) is 49.3 Å². The van der Waals surface area contributed by atoms with Crippen molar-refractivity contribution >= 4 is 5.97 Å². The molecule has 0 amide bonds. The van der Waals surface area contributed by atoms with Crippen molar-refractivity contribution in [2.24, 2.45) is 5.92 Å². The molecule has 0 spiro atoms. The quantitative estimate of drug-likeness (QED) is 0.855. The van der Waals surface area contributed by atoms with E-state index < -0.39 is 29.5 Å². The maximum atomic E-state index is 12.9. The van der Waals surface area contributed by atoms with E-state index in [2.05, 4.69) is 5.32 Å². The number of carboxylic acid groups (broad SMARTS) is 1. The van der Waals surface area contributed by atoms with Gasteiger partial charge in [0.2, 0.25) is 0 Å². The Morgan fingerprint density at radius 1 is 1.28 bits per heavy atom. The van der Waals surface area contributed by atoms with E-state index in [0.717, 1.165) is 6.07 Å². The van der Waals surface area contributed by atoms with Crippen molar-refractivity contribution in [1.82, 2.24) is 5.32 Å². The number of nitrogens with one attached hydrogen (secondary N) is 1. The highest BCUT2D eigenvalue weighted by molar-refractivity contribution is 5.72. The van der Waals surface area contributed by atoms with E-state index in [1.165, 1.54) is 18.2 Å². The fourth-order valence-electron chi connectivity index (χ4n) is 2.34. The Morgan fingerprint density at radius 3 is 2.56 bits per heavy atom. The first-order valence-electron chi connectivity index (χ1n) is 5.51. The van der Waals surface area contributed by atoms with Crippen molar-refractivity contribution < 1.29 is 23.1 Å². The normalized spacial score (nSPS) is 24.2. The molecule has 0 radical (unpaired) electrons. The number of aliphatic carboxylic acids is 1. The molecule has 1 heterocycles. The van der Waals surface area contributed by atoms with Crippen LogP contribution in [0.2, 0.25) is 0 Å². The van der Waals surface area contributed by atoms with Gasteiger partial charge in [0.15, 0.2) is 0 Å². The number of hydrogen-bond acceptors (Lipinski definition) is 2. The van der Waals surface area contributed by atoms with Gasteiger partial charge in [-0.3, -0.25) is 4.79 Å². The van der Waals surface area contributed by atoms with Crippen molar-refractivity contribution in [2.75, 3.05) is 13.1 Å². The predicted molar refractivity (Wildman–Crippen MR) is 58.2 cm³/mol. The smallest absolute Gasteiger partial charge is 0.416 e. The summed E-state index contributed by atoms with van der Waals surface area (Å²) in [5.74, 6) is -2.52. The highest BCUT2D eigenvalue weighted by Crippen LogP contribution is 2.38. The monoisotopic (exact) mass is 259 g/mol. The van der Waals surface area contributed by atoms with E-state index in [1.807, 2.05) is 0 Å². The molecule has 0 bridgehead atoms. The summed E-state index contributed by atoms with van der Waals surface area (Å²) in [4.78, 5) is 11.0. The zero-order chi connectivity index (χ0) is 13.3.